The lowest BCUT2D eigenvalue weighted by Gasteiger charge is -2.15. The molecule has 3 rings (SSSR count). The van der Waals surface area contributed by atoms with Gasteiger partial charge in [-0.1, -0.05) is 88.5 Å². The Balaban J connectivity index is 1.65. The fourth-order valence-corrected chi connectivity index (χ4v) is 4.39. The standard InChI is InChI=1S/C23H34/c1-2-4-6-8-10-12-16-22-20(14-11-9-7-5-3-1)18-19-21-15-13-17-23(21)22/h13,15,18-19H,1-12,14,16-17H2. The van der Waals surface area contributed by atoms with Crippen LogP contribution in [0.2, 0.25) is 0 Å². The van der Waals surface area contributed by atoms with Crippen molar-refractivity contribution < 1.29 is 0 Å². The molecule has 2 aliphatic rings. The van der Waals surface area contributed by atoms with Crippen molar-refractivity contribution in [2.24, 2.45) is 0 Å². The summed E-state index contributed by atoms with van der Waals surface area (Å²) in [4.78, 5) is 0. The number of rotatable bonds is 0. The molecule has 0 saturated carbocycles. The Morgan fingerprint density at radius 2 is 1.09 bits per heavy atom. The van der Waals surface area contributed by atoms with Crippen molar-refractivity contribution >= 4 is 6.08 Å². The van der Waals surface area contributed by atoms with E-state index in [1.807, 2.05) is 0 Å². The number of hydrogen-bond acceptors (Lipinski definition) is 0. The Kier molecular flexibility index (Phi) is 6.80. The molecule has 23 heavy (non-hydrogen) atoms. The number of allylic oxidation sites excluding steroid dienone is 1. The van der Waals surface area contributed by atoms with Crippen molar-refractivity contribution in [2.45, 2.75) is 96.3 Å². The second-order valence-electron chi connectivity index (χ2n) is 7.62. The number of hydrogen-bond donors (Lipinski definition) is 0. The van der Waals surface area contributed by atoms with Crippen LogP contribution in [0.15, 0.2) is 18.2 Å². The van der Waals surface area contributed by atoms with Gasteiger partial charge < -0.3 is 0 Å². The zero-order valence-electron chi connectivity index (χ0n) is 14.9. The first kappa shape index (κ1) is 16.8. The molecule has 0 fully saturated rings. The Bertz CT molecular complexity index is 509. The summed E-state index contributed by atoms with van der Waals surface area (Å²) in [5.74, 6) is 0. The molecule has 0 saturated heterocycles. The van der Waals surface area contributed by atoms with Gasteiger partial charge in [0.15, 0.2) is 0 Å². The highest BCUT2D eigenvalue weighted by molar-refractivity contribution is 5.63. The van der Waals surface area contributed by atoms with E-state index in [-0.39, 0.29) is 0 Å². The van der Waals surface area contributed by atoms with Crippen LogP contribution in [0.4, 0.5) is 0 Å². The van der Waals surface area contributed by atoms with Gasteiger partial charge in [0.2, 0.25) is 0 Å². The molecular weight excluding hydrogens is 276 g/mol. The van der Waals surface area contributed by atoms with Crippen molar-refractivity contribution in [3.05, 3.63) is 40.5 Å². The second kappa shape index (κ2) is 9.30. The molecule has 0 nitrogen and oxygen atoms in total. The molecule has 0 unspecified atom stereocenters. The van der Waals surface area contributed by atoms with E-state index >= 15 is 0 Å². The van der Waals surface area contributed by atoms with Gasteiger partial charge in [0, 0.05) is 0 Å². The molecule has 0 amide bonds. The van der Waals surface area contributed by atoms with Crippen LogP contribution in [0, 0.1) is 0 Å². The quantitative estimate of drug-likeness (QED) is 0.482. The van der Waals surface area contributed by atoms with Crippen molar-refractivity contribution in [1.82, 2.24) is 0 Å². The van der Waals surface area contributed by atoms with Crippen LogP contribution in [0.5, 0.6) is 0 Å². The third-order valence-corrected chi connectivity index (χ3v) is 5.81. The maximum Gasteiger partial charge on any atom is -0.00853 e. The van der Waals surface area contributed by atoms with E-state index in [0.29, 0.717) is 0 Å². The molecule has 0 bridgehead atoms. The minimum absolute atomic E-state index is 1.18. The summed E-state index contributed by atoms with van der Waals surface area (Å²) < 4.78 is 0. The summed E-state index contributed by atoms with van der Waals surface area (Å²) in [6, 6.07) is 4.81. The van der Waals surface area contributed by atoms with Crippen LogP contribution in [0.25, 0.3) is 6.08 Å². The summed E-state index contributed by atoms with van der Waals surface area (Å²) in [6.45, 7) is 0. The van der Waals surface area contributed by atoms with Gasteiger partial charge in [0.25, 0.3) is 0 Å². The first-order chi connectivity index (χ1) is 11.4. The smallest absolute Gasteiger partial charge is 0.00853 e. The van der Waals surface area contributed by atoms with Gasteiger partial charge in [-0.15, -0.1) is 0 Å². The first-order valence-corrected chi connectivity index (χ1v) is 10.3. The Morgan fingerprint density at radius 1 is 0.522 bits per heavy atom. The van der Waals surface area contributed by atoms with Crippen LogP contribution < -0.4 is 0 Å². The van der Waals surface area contributed by atoms with E-state index in [1.165, 1.54) is 102 Å². The molecule has 0 heteroatoms. The molecule has 0 radical (unpaired) electrons. The average Bonchev–Trinajstić information content (AvgIpc) is 3.03. The van der Waals surface area contributed by atoms with Crippen molar-refractivity contribution in [3.63, 3.8) is 0 Å². The minimum atomic E-state index is 1.18. The Morgan fingerprint density at radius 3 is 1.74 bits per heavy atom. The summed E-state index contributed by atoms with van der Waals surface area (Å²) >= 11 is 0. The van der Waals surface area contributed by atoms with Gasteiger partial charge in [0.05, 0.1) is 0 Å². The number of benzene rings is 1. The highest BCUT2D eigenvalue weighted by Crippen LogP contribution is 2.29. The van der Waals surface area contributed by atoms with Gasteiger partial charge in [-0.3, -0.25) is 0 Å². The molecular formula is C23H34. The molecule has 0 aromatic heterocycles. The fraction of sp³-hybridized carbons (Fsp3) is 0.652. The van der Waals surface area contributed by atoms with Crippen molar-refractivity contribution in [1.29, 1.82) is 0 Å². The Hall–Kier alpha value is -1.04. The van der Waals surface area contributed by atoms with E-state index in [9.17, 15) is 0 Å². The molecule has 0 atom stereocenters. The van der Waals surface area contributed by atoms with Gasteiger partial charge in [-0.05, 0) is 54.4 Å². The van der Waals surface area contributed by atoms with Gasteiger partial charge >= 0.3 is 0 Å². The largest absolute Gasteiger partial charge is 0.0795 e. The van der Waals surface area contributed by atoms with Crippen LogP contribution in [-0.4, -0.2) is 0 Å². The maximum absolute atomic E-state index is 2.44. The lowest BCUT2D eigenvalue weighted by molar-refractivity contribution is 0.537. The molecule has 0 aliphatic heterocycles. The zero-order chi connectivity index (χ0) is 15.7. The van der Waals surface area contributed by atoms with Gasteiger partial charge in [0.1, 0.15) is 0 Å². The molecule has 0 heterocycles. The predicted octanol–water partition coefficient (Wildman–Crippen LogP) is 7.04. The van der Waals surface area contributed by atoms with Crippen LogP contribution in [0.3, 0.4) is 0 Å². The molecule has 126 valence electrons. The lowest BCUT2D eigenvalue weighted by atomic mass is 9.90. The average molecular weight is 311 g/mol. The summed E-state index contributed by atoms with van der Waals surface area (Å²) in [6.07, 6.45) is 25.8. The normalized spacial score (nSPS) is 20.9. The summed E-state index contributed by atoms with van der Waals surface area (Å²) in [5, 5.41) is 0. The summed E-state index contributed by atoms with van der Waals surface area (Å²) in [5.41, 5.74) is 6.54. The lowest BCUT2D eigenvalue weighted by Crippen LogP contribution is -2.02. The van der Waals surface area contributed by atoms with Crippen molar-refractivity contribution in [2.75, 3.05) is 0 Å². The zero-order valence-corrected chi connectivity index (χ0v) is 14.9. The van der Waals surface area contributed by atoms with Crippen molar-refractivity contribution in [3.8, 4) is 0 Å². The fourth-order valence-electron chi connectivity index (χ4n) is 4.39. The van der Waals surface area contributed by atoms with E-state index < -0.39 is 0 Å². The SMILES string of the molecule is C1=Cc2ccc3c(c2C1)CCCCCCCCCCCCCC3. The molecule has 1 aromatic carbocycles. The molecule has 0 spiro atoms. The van der Waals surface area contributed by atoms with Crippen LogP contribution >= 0.6 is 0 Å². The second-order valence-corrected chi connectivity index (χ2v) is 7.62. The van der Waals surface area contributed by atoms with E-state index in [1.54, 1.807) is 16.7 Å². The monoisotopic (exact) mass is 310 g/mol. The van der Waals surface area contributed by atoms with E-state index in [4.69, 9.17) is 0 Å². The summed E-state index contributed by atoms with van der Waals surface area (Å²) in [7, 11) is 0. The minimum Gasteiger partial charge on any atom is -0.0795 e. The highest BCUT2D eigenvalue weighted by Gasteiger charge is 2.14. The topological polar surface area (TPSA) is 0 Å². The predicted molar refractivity (Wildman–Crippen MR) is 102 cm³/mol. The molecule has 2 aliphatic carbocycles. The van der Waals surface area contributed by atoms with Gasteiger partial charge in [-0.2, -0.15) is 0 Å². The Labute approximate surface area is 143 Å². The van der Waals surface area contributed by atoms with Gasteiger partial charge in [-0.25, -0.2) is 0 Å². The maximum atomic E-state index is 2.44. The molecule has 1 aromatic rings. The van der Waals surface area contributed by atoms with E-state index in [2.05, 4.69) is 24.3 Å². The molecule has 0 N–H and O–H groups in total. The van der Waals surface area contributed by atoms with E-state index in [0.717, 1.165) is 0 Å². The van der Waals surface area contributed by atoms with Crippen LogP contribution in [0.1, 0.15) is 99.3 Å². The number of fused-ring (bicyclic) bond motifs is 3. The van der Waals surface area contributed by atoms with Crippen LogP contribution in [-0.2, 0) is 19.3 Å². The first-order valence-electron chi connectivity index (χ1n) is 10.3. The number of aryl methyl sites for hydroxylation is 1. The third kappa shape index (κ3) is 4.96. The highest BCUT2D eigenvalue weighted by atomic mass is 14.2. The third-order valence-electron chi connectivity index (χ3n) is 5.81.